The number of aromatic nitrogens is 2. The van der Waals surface area contributed by atoms with Gasteiger partial charge in [-0.15, -0.1) is 0 Å². The zero-order valence-corrected chi connectivity index (χ0v) is 16.3. The Bertz CT molecular complexity index is 956. The number of sulfonamides is 1. The second kappa shape index (κ2) is 7.28. The average Bonchev–Trinajstić information content (AvgIpc) is 3.13. The third-order valence-corrected chi connectivity index (χ3v) is 6.77. The Morgan fingerprint density at radius 3 is 2.52 bits per heavy atom. The number of hydrogen-bond donors (Lipinski definition) is 1. The van der Waals surface area contributed by atoms with Crippen molar-refractivity contribution in [1.29, 1.82) is 0 Å². The van der Waals surface area contributed by atoms with E-state index in [-0.39, 0.29) is 35.4 Å². The minimum atomic E-state index is -3.74. The number of amides is 1. The standard InChI is InChI=1S/C17H22N4O5S/c1-11-16(13(3)26-19-11)27(24,25)21-6-4-5-20(7-8-21)17(23)15-9-14(10-18-15)12(2)22/h9-10,18H,4-8H2,1-3H3. The topological polar surface area (TPSA) is 117 Å². The number of Topliss-reactive ketones (excluding diaryl/α,β-unsaturated/α-hetero) is 1. The van der Waals surface area contributed by atoms with Crippen LogP contribution in [0.15, 0.2) is 21.7 Å². The Morgan fingerprint density at radius 1 is 1.19 bits per heavy atom. The third-order valence-electron chi connectivity index (χ3n) is 4.63. The van der Waals surface area contributed by atoms with Crippen LogP contribution in [0.1, 0.15) is 45.6 Å². The Kier molecular flexibility index (Phi) is 5.20. The van der Waals surface area contributed by atoms with Crippen molar-refractivity contribution in [2.24, 2.45) is 0 Å². The molecule has 1 fully saturated rings. The van der Waals surface area contributed by atoms with Gasteiger partial charge in [0.1, 0.15) is 16.3 Å². The molecule has 0 bridgehead atoms. The normalized spacial score (nSPS) is 16.3. The number of carbonyl (C=O) groups is 2. The van der Waals surface area contributed by atoms with E-state index >= 15 is 0 Å². The van der Waals surface area contributed by atoms with E-state index in [2.05, 4.69) is 10.1 Å². The van der Waals surface area contributed by atoms with E-state index in [1.165, 1.54) is 23.5 Å². The predicted octanol–water partition coefficient (Wildman–Crippen LogP) is 1.36. The summed E-state index contributed by atoms with van der Waals surface area (Å²) in [6, 6.07) is 1.52. The molecule has 1 aliphatic rings. The fraction of sp³-hybridized carbons (Fsp3) is 0.471. The van der Waals surface area contributed by atoms with Gasteiger partial charge in [-0.2, -0.15) is 4.31 Å². The predicted molar refractivity (Wildman–Crippen MR) is 96.1 cm³/mol. The van der Waals surface area contributed by atoms with Crippen LogP contribution in [0.3, 0.4) is 0 Å². The molecule has 0 atom stereocenters. The first kappa shape index (κ1) is 19.3. The number of nitrogens with one attached hydrogen (secondary N) is 1. The first-order valence-corrected chi connectivity index (χ1v) is 10.1. The molecule has 27 heavy (non-hydrogen) atoms. The van der Waals surface area contributed by atoms with Crippen LogP contribution in [0, 0.1) is 13.8 Å². The first-order chi connectivity index (χ1) is 12.7. The van der Waals surface area contributed by atoms with E-state index in [0.717, 1.165) is 0 Å². The largest absolute Gasteiger partial charge is 0.360 e. The van der Waals surface area contributed by atoms with Crippen LogP contribution in [0.4, 0.5) is 0 Å². The average molecular weight is 394 g/mol. The number of nitrogens with zero attached hydrogens (tertiary/aromatic N) is 3. The maximum Gasteiger partial charge on any atom is 0.270 e. The molecular formula is C17H22N4O5S. The van der Waals surface area contributed by atoms with Crippen molar-refractivity contribution >= 4 is 21.7 Å². The Labute approximate surface area is 157 Å². The Balaban J connectivity index is 1.75. The van der Waals surface area contributed by atoms with Crippen LogP contribution >= 0.6 is 0 Å². The summed E-state index contributed by atoms with van der Waals surface area (Å²) in [5.41, 5.74) is 1.09. The summed E-state index contributed by atoms with van der Waals surface area (Å²) < 4.78 is 32.2. The smallest absolute Gasteiger partial charge is 0.270 e. The monoisotopic (exact) mass is 394 g/mol. The summed E-state index contributed by atoms with van der Waals surface area (Å²) in [6.07, 6.45) is 2.01. The van der Waals surface area contributed by atoms with E-state index in [1.807, 2.05) is 0 Å². The van der Waals surface area contributed by atoms with Crippen LogP contribution in [0.25, 0.3) is 0 Å². The lowest BCUT2D eigenvalue weighted by atomic mass is 10.2. The van der Waals surface area contributed by atoms with E-state index in [4.69, 9.17) is 4.52 Å². The third kappa shape index (κ3) is 3.67. The number of ketones is 1. The maximum absolute atomic E-state index is 12.9. The molecule has 2 aromatic rings. The number of rotatable bonds is 4. The number of aromatic amines is 1. The highest BCUT2D eigenvalue weighted by atomic mass is 32.2. The second-order valence-electron chi connectivity index (χ2n) is 6.56. The molecule has 3 heterocycles. The summed E-state index contributed by atoms with van der Waals surface area (Å²) in [7, 11) is -3.74. The van der Waals surface area contributed by atoms with Gasteiger partial charge in [0.05, 0.1) is 0 Å². The van der Waals surface area contributed by atoms with Crippen molar-refractivity contribution in [3.8, 4) is 0 Å². The molecule has 0 aromatic carbocycles. The van der Waals surface area contributed by atoms with Gasteiger partial charge in [0.2, 0.25) is 10.0 Å². The molecule has 0 saturated carbocycles. The quantitative estimate of drug-likeness (QED) is 0.783. The highest BCUT2D eigenvalue weighted by Crippen LogP contribution is 2.24. The summed E-state index contributed by atoms with van der Waals surface area (Å²) in [5, 5.41) is 3.72. The summed E-state index contributed by atoms with van der Waals surface area (Å²) in [5.74, 6) is -0.121. The fourth-order valence-corrected chi connectivity index (χ4v) is 4.96. The van der Waals surface area contributed by atoms with Crippen molar-refractivity contribution in [3.05, 3.63) is 35.0 Å². The summed E-state index contributed by atoms with van der Waals surface area (Å²) >= 11 is 0. The molecule has 1 amide bonds. The summed E-state index contributed by atoms with van der Waals surface area (Å²) in [4.78, 5) is 28.6. The second-order valence-corrected chi connectivity index (χ2v) is 8.44. The van der Waals surface area contributed by atoms with Crippen LogP contribution in [-0.2, 0) is 10.0 Å². The SMILES string of the molecule is CC(=O)c1c[nH]c(C(=O)N2CCCN(S(=O)(=O)c3c(C)noc3C)CC2)c1. The van der Waals surface area contributed by atoms with E-state index in [9.17, 15) is 18.0 Å². The zero-order chi connectivity index (χ0) is 19.8. The highest BCUT2D eigenvalue weighted by Gasteiger charge is 2.33. The fourth-order valence-electron chi connectivity index (χ4n) is 3.20. The van der Waals surface area contributed by atoms with Crippen LogP contribution in [-0.4, -0.2) is 65.6 Å². The zero-order valence-electron chi connectivity index (χ0n) is 15.5. The molecule has 10 heteroatoms. The number of carbonyl (C=O) groups excluding carboxylic acids is 2. The molecule has 1 aliphatic heterocycles. The molecule has 146 valence electrons. The van der Waals surface area contributed by atoms with Gasteiger partial charge >= 0.3 is 0 Å². The van der Waals surface area contributed by atoms with Crippen LogP contribution in [0.5, 0.6) is 0 Å². The van der Waals surface area contributed by atoms with Crippen molar-refractivity contribution in [2.75, 3.05) is 26.2 Å². The van der Waals surface area contributed by atoms with Gasteiger partial charge in [0, 0.05) is 37.9 Å². The van der Waals surface area contributed by atoms with Crippen LogP contribution in [0.2, 0.25) is 0 Å². The van der Waals surface area contributed by atoms with E-state index in [0.29, 0.717) is 36.5 Å². The molecule has 1 saturated heterocycles. The van der Waals surface area contributed by atoms with Crippen LogP contribution < -0.4 is 0 Å². The molecule has 3 rings (SSSR count). The van der Waals surface area contributed by atoms with Crippen molar-refractivity contribution in [3.63, 3.8) is 0 Å². The van der Waals surface area contributed by atoms with E-state index in [1.54, 1.807) is 18.7 Å². The molecule has 9 nitrogen and oxygen atoms in total. The lowest BCUT2D eigenvalue weighted by molar-refractivity contribution is 0.0759. The summed E-state index contributed by atoms with van der Waals surface area (Å²) in [6.45, 7) is 5.77. The molecule has 0 radical (unpaired) electrons. The highest BCUT2D eigenvalue weighted by molar-refractivity contribution is 7.89. The Hall–Kier alpha value is -2.46. The minimum Gasteiger partial charge on any atom is -0.360 e. The molecule has 0 spiro atoms. The van der Waals surface area contributed by atoms with Gasteiger partial charge in [-0.3, -0.25) is 9.59 Å². The molecular weight excluding hydrogens is 372 g/mol. The van der Waals surface area contributed by atoms with Gasteiger partial charge in [0.15, 0.2) is 11.5 Å². The van der Waals surface area contributed by atoms with Gasteiger partial charge < -0.3 is 14.4 Å². The molecule has 0 unspecified atom stereocenters. The van der Waals surface area contributed by atoms with Gasteiger partial charge in [-0.05, 0) is 33.3 Å². The molecule has 2 aromatic heterocycles. The first-order valence-electron chi connectivity index (χ1n) is 8.63. The van der Waals surface area contributed by atoms with Crippen molar-refractivity contribution in [1.82, 2.24) is 19.3 Å². The molecule has 0 aliphatic carbocycles. The number of H-pyrrole nitrogens is 1. The lowest BCUT2D eigenvalue weighted by Gasteiger charge is -2.21. The van der Waals surface area contributed by atoms with E-state index < -0.39 is 10.0 Å². The van der Waals surface area contributed by atoms with Gasteiger partial charge in [-0.1, -0.05) is 5.16 Å². The lowest BCUT2D eigenvalue weighted by Crippen LogP contribution is -2.37. The van der Waals surface area contributed by atoms with Gasteiger partial charge in [0.25, 0.3) is 5.91 Å². The van der Waals surface area contributed by atoms with Crippen molar-refractivity contribution < 1.29 is 22.5 Å². The minimum absolute atomic E-state index is 0.0951. The molecule has 1 N–H and O–H groups in total. The number of hydrogen-bond acceptors (Lipinski definition) is 6. The Morgan fingerprint density at radius 2 is 1.93 bits per heavy atom. The maximum atomic E-state index is 12.9. The number of aryl methyl sites for hydroxylation is 2. The van der Waals surface area contributed by atoms with Crippen molar-refractivity contribution in [2.45, 2.75) is 32.1 Å². The van der Waals surface area contributed by atoms with Gasteiger partial charge in [-0.25, -0.2) is 8.42 Å².